The molecule has 0 aromatic carbocycles. The van der Waals surface area contributed by atoms with Gasteiger partial charge in [0.25, 0.3) is 5.91 Å². The van der Waals surface area contributed by atoms with E-state index in [2.05, 4.69) is 5.32 Å². The van der Waals surface area contributed by atoms with Gasteiger partial charge in [0.1, 0.15) is 0 Å². The minimum absolute atomic E-state index is 0.0589. The van der Waals surface area contributed by atoms with Gasteiger partial charge in [-0.1, -0.05) is 5.57 Å². The summed E-state index contributed by atoms with van der Waals surface area (Å²) in [5, 5.41) is 2.93. The van der Waals surface area contributed by atoms with Crippen LogP contribution in [0.4, 0.5) is 0 Å². The molecule has 1 fully saturated rings. The second kappa shape index (κ2) is 4.26. The van der Waals surface area contributed by atoms with E-state index in [1.807, 2.05) is 0 Å². The highest BCUT2D eigenvalue weighted by molar-refractivity contribution is 5.99. The van der Waals surface area contributed by atoms with E-state index in [1.54, 1.807) is 0 Å². The Balaban J connectivity index is 1.85. The lowest BCUT2D eigenvalue weighted by molar-refractivity contribution is -0.121. The molecule has 3 aliphatic rings. The summed E-state index contributed by atoms with van der Waals surface area (Å²) in [6, 6.07) is 0. The van der Waals surface area contributed by atoms with Crippen molar-refractivity contribution in [1.29, 1.82) is 0 Å². The summed E-state index contributed by atoms with van der Waals surface area (Å²) >= 11 is 0. The maximum atomic E-state index is 11.8. The molecule has 1 saturated carbocycles. The summed E-state index contributed by atoms with van der Waals surface area (Å²) in [5.41, 5.74) is 9.25. The molecular weight excluding hydrogens is 228 g/mol. The Labute approximate surface area is 106 Å². The number of rotatable bonds is 3. The molecule has 4 nitrogen and oxygen atoms in total. The topological polar surface area (TPSA) is 72.2 Å². The van der Waals surface area contributed by atoms with Gasteiger partial charge in [0.2, 0.25) is 5.91 Å². The summed E-state index contributed by atoms with van der Waals surface area (Å²) < 4.78 is 0. The van der Waals surface area contributed by atoms with Crippen molar-refractivity contribution in [2.45, 2.75) is 44.9 Å². The van der Waals surface area contributed by atoms with Crippen molar-refractivity contribution in [1.82, 2.24) is 5.32 Å². The van der Waals surface area contributed by atoms with Crippen LogP contribution in [-0.2, 0) is 9.59 Å². The lowest BCUT2D eigenvalue weighted by Crippen LogP contribution is -2.27. The van der Waals surface area contributed by atoms with Crippen molar-refractivity contribution < 1.29 is 9.59 Å². The van der Waals surface area contributed by atoms with Crippen LogP contribution >= 0.6 is 0 Å². The van der Waals surface area contributed by atoms with E-state index in [0.717, 1.165) is 43.4 Å². The fourth-order valence-electron chi connectivity index (χ4n) is 2.95. The number of carbonyl (C=O) groups excluding carboxylic acids is 2. The molecule has 96 valence electrons. The second-order valence-corrected chi connectivity index (χ2v) is 5.45. The van der Waals surface area contributed by atoms with E-state index in [4.69, 9.17) is 5.73 Å². The lowest BCUT2D eigenvalue weighted by atomic mass is 9.91. The van der Waals surface area contributed by atoms with Gasteiger partial charge in [-0.2, -0.15) is 0 Å². The predicted octanol–water partition coefficient (Wildman–Crippen LogP) is 1.53. The normalized spacial score (nSPS) is 23.1. The van der Waals surface area contributed by atoms with Gasteiger partial charge in [-0.3, -0.25) is 9.59 Å². The van der Waals surface area contributed by atoms with Gasteiger partial charge in [-0.05, 0) is 44.1 Å². The maximum absolute atomic E-state index is 11.8. The molecule has 0 bridgehead atoms. The van der Waals surface area contributed by atoms with Crippen molar-refractivity contribution in [3.8, 4) is 0 Å². The first-order valence-electron chi connectivity index (χ1n) is 6.72. The Kier molecular flexibility index (Phi) is 2.73. The summed E-state index contributed by atoms with van der Waals surface area (Å²) in [7, 11) is 0. The SMILES string of the molecule is NC(=O)C1=C(NC(=O)C2CC2)CC2=C1CCCC2. The Morgan fingerprint density at radius 3 is 2.56 bits per heavy atom. The highest BCUT2D eigenvalue weighted by atomic mass is 16.2. The van der Waals surface area contributed by atoms with Gasteiger partial charge < -0.3 is 11.1 Å². The van der Waals surface area contributed by atoms with Gasteiger partial charge >= 0.3 is 0 Å². The van der Waals surface area contributed by atoms with Crippen LogP contribution in [0, 0.1) is 5.92 Å². The van der Waals surface area contributed by atoms with Gasteiger partial charge in [0, 0.05) is 18.0 Å². The number of amides is 2. The summed E-state index contributed by atoms with van der Waals surface area (Å²) in [4.78, 5) is 23.4. The third-order valence-electron chi connectivity index (χ3n) is 4.04. The monoisotopic (exact) mass is 246 g/mol. The summed E-state index contributed by atoms with van der Waals surface area (Å²) in [6.07, 6.45) is 6.90. The van der Waals surface area contributed by atoms with Crippen LogP contribution in [0.1, 0.15) is 44.9 Å². The van der Waals surface area contributed by atoms with E-state index in [1.165, 1.54) is 12.0 Å². The van der Waals surface area contributed by atoms with E-state index in [-0.39, 0.29) is 11.8 Å². The molecule has 3 aliphatic carbocycles. The van der Waals surface area contributed by atoms with E-state index in [0.29, 0.717) is 12.0 Å². The van der Waals surface area contributed by atoms with Crippen molar-refractivity contribution in [3.63, 3.8) is 0 Å². The molecule has 0 radical (unpaired) electrons. The van der Waals surface area contributed by atoms with Crippen LogP contribution in [0.5, 0.6) is 0 Å². The molecule has 18 heavy (non-hydrogen) atoms. The Morgan fingerprint density at radius 2 is 1.89 bits per heavy atom. The van der Waals surface area contributed by atoms with Crippen LogP contribution < -0.4 is 11.1 Å². The van der Waals surface area contributed by atoms with Crippen molar-refractivity contribution in [2.75, 3.05) is 0 Å². The van der Waals surface area contributed by atoms with E-state index in [9.17, 15) is 9.59 Å². The molecule has 3 rings (SSSR count). The molecule has 0 aliphatic heterocycles. The van der Waals surface area contributed by atoms with Crippen molar-refractivity contribution in [2.24, 2.45) is 11.7 Å². The number of hydrogen-bond donors (Lipinski definition) is 2. The van der Waals surface area contributed by atoms with Crippen LogP contribution in [0.3, 0.4) is 0 Å². The first kappa shape index (κ1) is 11.5. The number of carbonyl (C=O) groups is 2. The molecule has 0 spiro atoms. The van der Waals surface area contributed by atoms with Crippen molar-refractivity contribution >= 4 is 11.8 Å². The zero-order valence-corrected chi connectivity index (χ0v) is 10.4. The van der Waals surface area contributed by atoms with Gasteiger partial charge in [0.15, 0.2) is 0 Å². The quantitative estimate of drug-likeness (QED) is 0.792. The van der Waals surface area contributed by atoms with E-state index >= 15 is 0 Å². The molecule has 0 aromatic rings. The number of hydrogen-bond acceptors (Lipinski definition) is 2. The van der Waals surface area contributed by atoms with Crippen LogP contribution in [0.15, 0.2) is 22.4 Å². The number of nitrogens with one attached hydrogen (secondary N) is 1. The minimum atomic E-state index is -0.395. The first-order chi connectivity index (χ1) is 8.66. The molecule has 0 saturated heterocycles. The minimum Gasteiger partial charge on any atom is -0.366 e. The van der Waals surface area contributed by atoms with Gasteiger partial charge in [-0.25, -0.2) is 0 Å². The van der Waals surface area contributed by atoms with Crippen LogP contribution in [0.25, 0.3) is 0 Å². The average Bonchev–Trinajstić information content (AvgIpc) is 3.10. The smallest absolute Gasteiger partial charge is 0.250 e. The fraction of sp³-hybridized carbons (Fsp3) is 0.571. The number of nitrogens with two attached hydrogens (primary N) is 1. The van der Waals surface area contributed by atoms with Crippen LogP contribution in [-0.4, -0.2) is 11.8 Å². The van der Waals surface area contributed by atoms with Gasteiger partial charge in [0.05, 0.1) is 5.57 Å². The molecule has 0 unspecified atom stereocenters. The maximum Gasteiger partial charge on any atom is 0.250 e. The largest absolute Gasteiger partial charge is 0.366 e. The molecule has 0 aromatic heterocycles. The van der Waals surface area contributed by atoms with Crippen LogP contribution in [0.2, 0.25) is 0 Å². The Hall–Kier alpha value is -1.58. The second-order valence-electron chi connectivity index (χ2n) is 5.45. The first-order valence-corrected chi connectivity index (χ1v) is 6.72. The van der Waals surface area contributed by atoms with Crippen molar-refractivity contribution in [3.05, 3.63) is 22.4 Å². The Bertz CT molecular complexity index is 484. The fourth-order valence-corrected chi connectivity index (χ4v) is 2.95. The molecular formula is C14H18N2O2. The van der Waals surface area contributed by atoms with Gasteiger partial charge in [-0.15, -0.1) is 0 Å². The third-order valence-corrected chi connectivity index (χ3v) is 4.04. The zero-order valence-electron chi connectivity index (χ0n) is 10.4. The molecule has 2 amide bonds. The standard InChI is InChI=1S/C14H18N2O2/c15-13(17)12-10-4-2-1-3-9(10)7-11(12)16-14(18)8-5-6-8/h8H,1-7H2,(H2,15,17)(H,16,18). The third kappa shape index (κ3) is 1.96. The Morgan fingerprint density at radius 1 is 1.17 bits per heavy atom. The molecule has 0 atom stereocenters. The predicted molar refractivity (Wildman–Crippen MR) is 67.2 cm³/mol. The number of primary amides is 1. The highest BCUT2D eigenvalue weighted by Gasteiger charge is 2.34. The lowest BCUT2D eigenvalue weighted by Gasteiger charge is -2.14. The molecule has 3 N–H and O–H groups in total. The average molecular weight is 246 g/mol. The molecule has 0 heterocycles. The van der Waals surface area contributed by atoms with E-state index < -0.39 is 5.91 Å². The summed E-state index contributed by atoms with van der Waals surface area (Å²) in [5.74, 6) is -0.180. The highest BCUT2D eigenvalue weighted by Crippen LogP contribution is 2.40. The number of allylic oxidation sites excluding steroid dienone is 1. The zero-order chi connectivity index (χ0) is 12.7. The molecule has 4 heteroatoms. The summed E-state index contributed by atoms with van der Waals surface area (Å²) in [6.45, 7) is 0.